The fraction of sp³-hybridized carbons (Fsp3) is 0.667. The van der Waals surface area contributed by atoms with E-state index in [1.807, 2.05) is 13.8 Å². The summed E-state index contributed by atoms with van der Waals surface area (Å²) < 4.78 is 1.38. The molecular formula is C12H22N4O3. The van der Waals surface area contributed by atoms with Crippen LogP contribution >= 0.6 is 0 Å². The Balaban J connectivity index is 3.31. The number of anilines is 2. The van der Waals surface area contributed by atoms with Gasteiger partial charge in [0.25, 0.3) is 5.56 Å². The number of hydrogen-bond acceptors (Lipinski definition) is 5. The van der Waals surface area contributed by atoms with Gasteiger partial charge in [-0.25, -0.2) is 4.79 Å². The Bertz CT molecular complexity index is 521. The molecule has 0 saturated carbocycles. The molecule has 0 aliphatic rings. The Morgan fingerprint density at radius 1 is 1.37 bits per heavy atom. The van der Waals surface area contributed by atoms with E-state index in [4.69, 9.17) is 10.8 Å². The first-order valence-electron chi connectivity index (χ1n) is 6.55. The average Bonchev–Trinajstić information content (AvgIpc) is 2.37. The molecule has 7 heteroatoms. The summed E-state index contributed by atoms with van der Waals surface area (Å²) in [7, 11) is 0. The van der Waals surface area contributed by atoms with Gasteiger partial charge in [0.05, 0.1) is 6.61 Å². The van der Waals surface area contributed by atoms with Gasteiger partial charge in [0.2, 0.25) is 0 Å². The molecule has 0 aliphatic carbocycles. The Labute approximate surface area is 111 Å². The highest BCUT2D eigenvalue weighted by atomic mass is 16.3. The van der Waals surface area contributed by atoms with E-state index < -0.39 is 11.2 Å². The molecule has 0 bridgehead atoms. The molecule has 1 aromatic heterocycles. The molecule has 108 valence electrons. The molecule has 7 nitrogen and oxygen atoms in total. The van der Waals surface area contributed by atoms with Gasteiger partial charge in [0, 0.05) is 19.6 Å². The predicted octanol–water partition coefficient (Wildman–Crippen LogP) is -0.262. The van der Waals surface area contributed by atoms with Crippen molar-refractivity contribution in [3.05, 3.63) is 20.8 Å². The number of unbranched alkanes of at least 4 members (excludes halogenated alkanes) is 1. The van der Waals surface area contributed by atoms with Crippen molar-refractivity contribution in [2.24, 2.45) is 0 Å². The molecule has 0 aromatic carbocycles. The summed E-state index contributed by atoms with van der Waals surface area (Å²) in [5.41, 5.74) is 5.21. The molecule has 19 heavy (non-hydrogen) atoms. The van der Waals surface area contributed by atoms with E-state index in [1.54, 1.807) is 4.90 Å². The van der Waals surface area contributed by atoms with Crippen LogP contribution in [0.5, 0.6) is 0 Å². The fourth-order valence-electron chi connectivity index (χ4n) is 1.97. The molecule has 0 unspecified atom stereocenters. The van der Waals surface area contributed by atoms with Gasteiger partial charge >= 0.3 is 5.69 Å². The van der Waals surface area contributed by atoms with Crippen molar-refractivity contribution in [3.63, 3.8) is 0 Å². The lowest BCUT2D eigenvalue weighted by Gasteiger charge is -2.23. The van der Waals surface area contributed by atoms with E-state index in [9.17, 15) is 9.59 Å². The second-order valence-corrected chi connectivity index (χ2v) is 4.30. The molecule has 0 saturated heterocycles. The number of aliphatic hydroxyl groups excluding tert-OH is 1. The molecule has 1 aromatic rings. The molecule has 0 atom stereocenters. The van der Waals surface area contributed by atoms with Crippen molar-refractivity contribution >= 4 is 11.5 Å². The number of aromatic amines is 1. The van der Waals surface area contributed by atoms with Gasteiger partial charge in [-0.2, -0.15) is 0 Å². The van der Waals surface area contributed by atoms with Crippen LogP contribution in [-0.2, 0) is 6.54 Å². The first kappa shape index (κ1) is 15.3. The first-order chi connectivity index (χ1) is 9.06. The number of aliphatic hydroxyl groups is 1. The smallest absolute Gasteiger partial charge is 0.330 e. The minimum Gasteiger partial charge on any atom is -0.395 e. The SMILES string of the molecule is CCCCn1c(N)c(N(CC)CCO)c(=O)[nH]c1=O. The largest absolute Gasteiger partial charge is 0.395 e. The van der Waals surface area contributed by atoms with E-state index in [0.29, 0.717) is 19.6 Å². The van der Waals surface area contributed by atoms with Crippen LogP contribution in [0.3, 0.4) is 0 Å². The summed E-state index contributed by atoms with van der Waals surface area (Å²) >= 11 is 0. The lowest BCUT2D eigenvalue weighted by atomic mass is 10.3. The lowest BCUT2D eigenvalue weighted by Crippen LogP contribution is -2.39. The van der Waals surface area contributed by atoms with Crippen LogP contribution in [0.2, 0.25) is 0 Å². The summed E-state index contributed by atoms with van der Waals surface area (Å²) in [6.45, 7) is 5.09. The molecule has 0 fully saturated rings. The van der Waals surface area contributed by atoms with Crippen molar-refractivity contribution in [2.75, 3.05) is 30.3 Å². The van der Waals surface area contributed by atoms with Crippen molar-refractivity contribution < 1.29 is 5.11 Å². The molecule has 1 heterocycles. The number of nitrogens with zero attached hydrogens (tertiary/aromatic N) is 2. The zero-order chi connectivity index (χ0) is 14.4. The highest BCUT2D eigenvalue weighted by Gasteiger charge is 2.16. The summed E-state index contributed by atoms with van der Waals surface area (Å²) in [6.07, 6.45) is 1.73. The summed E-state index contributed by atoms with van der Waals surface area (Å²) in [5.74, 6) is 0.164. The van der Waals surface area contributed by atoms with Crippen LogP contribution in [0, 0.1) is 0 Å². The minimum atomic E-state index is -0.509. The van der Waals surface area contributed by atoms with Gasteiger partial charge < -0.3 is 15.7 Å². The average molecular weight is 270 g/mol. The van der Waals surface area contributed by atoms with E-state index in [0.717, 1.165) is 12.8 Å². The van der Waals surface area contributed by atoms with E-state index in [1.165, 1.54) is 4.57 Å². The third-order valence-corrected chi connectivity index (χ3v) is 3.02. The van der Waals surface area contributed by atoms with E-state index in [2.05, 4.69) is 4.98 Å². The Hall–Kier alpha value is -1.76. The number of nitrogen functional groups attached to an aromatic ring is 1. The standard InChI is InChI=1S/C12H22N4O3/c1-3-5-6-16-10(13)9(11(18)14-12(16)19)15(4-2)7-8-17/h17H,3-8,13H2,1-2H3,(H,14,18,19). The van der Waals surface area contributed by atoms with Crippen LogP contribution in [-0.4, -0.2) is 34.4 Å². The zero-order valence-electron chi connectivity index (χ0n) is 11.5. The summed E-state index contributed by atoms with van der Waals surface area (Å²) in [6, 6.07) is 0. The minimum absolute atomic E-state index is 0.0825. The van der Waals surface area contributed by atoms with Gasteiger partial charge in [-0.05, 0) is 13.3 Å². The van der Waals surface area contributed by atoms with Gasteiger partial charge in [0.1, 0.15) is 11.5 Å². The van der Waals surface area contributed by atoms with Crippen LogP contribution in [0.25, 0.3) is 0 Å². The highest BCUT2D eigenvalue weighted by molar-refractivity contribution is 5.62. The number of rotatable bonds is 7. The maximum atomic E-state index is 11.9. The van der Waals surface area contributed by atoms with Crippen molar-refractivity contribution in [1.82, 2.24) is 9.55 Å². The Morgan fingerprint density at radius 3 is 2.58 bits per heavy atom. The maximum absolute atomic E-state index is 11.9. The Morgan fingerprint density at radius 2 is 2.05 bits per heavy atom. The molecular weight excluding hydrogens is 248 g/mol. The molecule has 0 amide bonds. The second kappa shape index (κ2) is 6.98. The number of hydrogen-bond donors (Lipinski definition) is 3. The van der Waals surface area contributed by atoms with Crippen LogP contribution in [0.15, 0.2) is 9.59 Å². The number of likely N-dealkylation sites (N-methyl/N-ethyl adjacent to an activating group) is 1. The quantitative estimate of drug-likeness (QED) is 0.633. The molecule has 1 rings (SSSR count). The van der Waals surface area contributed by atoms with Gasteiger partial charge in [0.15, 0.2) is 0 Å². The number of nitrogens with two attached hydrogens (primary N) is 1. The third-order valence-electron chi connectivity index (χ3n) is 3.02. The van der Waals surface area contributed by atoms with E-state index >= 15 is 0 Å². The van der Waals surface area contributed by atoms with Crippen LogP contribution in [0.1, 0.15) is 26.7 Å². The van der Waals surface area contributed by atoms with Crippen molar-refractivity contribution in [2.45, 2.75) is 33.2 Å². The zero-order valence-corrected chi connectivity index (χ0v) is 11.5. The molecule has 0 spiro atoms. The monoisotopic (exact) mass is 270 g/mol. The van der Waals surface area contributed by atoms with Crippen molar-refractivity contribution in [1.29, 1.82) is 0 Å². The summed E-state index contributed by atoms with van der Waals surface area (Å²) in [5, 5.41) is 9.01. The third kappa shape index (κ3) is 3.37. The topological polar surface area (TPSA) is 104 Å². The van der Waals surface area contributed by atoms with Gasteiger partial charge in [-0.15, -0.1) is 0 Å². The van der Waals surface area contributed by atoms with Gasteiger partial charge in [-0.1, -0.05) is 13.3 Å². The number of aromatic nitrogens is 2. The molecule has 0 radical (unpaired) electrons. The first-order valence-corrected chi connectivity index (χ1v) is 6.55. The lowest BCUT2D eigenvalue weighted by molar-refractivity contribution is 0.302. The van der Waals surface area contributed by atoms with Crippen molar-refractivity contribution in [3.8, 4) is 0 Å². The van der Waals surface area contributed by atoms with Gasteiger partial charge in [-0.3, -0.25) is 14.3 Å². The number of H-pyrrole nitrogens is 1. The number of nitrogens with one attached hydrogen (secondary N) is 1. The molecule has 0 aliphatic heterocycles. The maximum Gasteiger partial charge on any atom is 0.330 e. The summed E-state index contributed by atoms with van der Waals surface area (Å²) in [4.78, 5) is 27.6. The second-order valence-electron chi connectivity index (χ2n) is 4.30. The van der Waals surface area contributed by atoms with E-state index in [-0.39, 0.29) is 18.1 Å². The highest BCUT2D eigenvalue weighted by Crippen LogP contribution is 2.16. The fourth-order valence-corrected chi connectivity index (χ4v) is 1.97. The van der Waals surface area contributed by atoms with Crippen LogP contribution < -0.4 is 21.9 Å². The molecule has 4 N–H and O–H groups in total. The van der Waals surface area contributed by atoms with Crippen LogP contribution in [0.4, 0.5) is 11.5 Å². The normalized spacial score (nSPS) is 10.7. The Kier molecular flexibility index (Phi) is 5.62. The predicted molar refractivity (Wildman–Crippen MR) is 75.6 cm³/mol.